The number of nitro groups is 1. The summed E-state index contributed by atoms with van der Waals surface area (Å²) in [5, 5.41) is 14.4. The topological polar surface area (TPSA) is 82.9 Å². The molecule has 1 aromatic carbocycles. The van der Waals surface area contributed by atoms with Gasteiger partial charge < -0.3 is 19.5 Å². The summed E-state index contributed by atoms with van der Waals surface area (Å²) in [7, 11) is 3.08. The fourth-order valence-electron chi connectivity index (χ4n) is 2.50. The lowest BCUT2D eigenvalue weighted by Gasteiger charge is -2.43. The van der Waals surface area contributed by atoms with Gasteiger partial charge in [-0.25, -0.2) is 0 Å². The molecule has 2 rings (SSSR count). The van der Waals surface area contributed by atoms with Crippen molar-refractivity contribution in [3.05, 3.63) is 28.3 Å². The van der Waals surface area contributed by atoms with Crippen molar-refractivity contribution in [3.8, 4) is 11.5 Å². The van der Waals surface area contributed by atoms with Crippen LogP contribution in [-0.2, 0) is 4.74 Å². The van der Waals surface area contributed by atoms with E-state index in [1.54, 1.807) is 19.2 Å². The van der Waals surface area contributed by atoms with Gasteiger partial charge in [0.2, 0.25) is 0 Å². The van der Waals surface area contributed by atoms with Crippen LogP contribution in [0, 0.1) is 10.1 Å². The second-order valence-electron chi connectivity index (χ2n) is 4.85. The maximum atomic E-state index is 11.1. The fraction of sp³-hybridized carbons (Fsp3) is 0.571. The Kier molecular flexibility index (Phi) is 4.98. The van der Waals surface area contributed by atoms with E-state index in [1.165, 1.54) is 13.2 Å². The molecule has 0 aromatic heterocycles. The van der Waals surface area contributed by atoms with Crippen LogP contribution >= 0.6 is 0 Å². The van der Waals surface area contributed by atoms with Crippen molar-refractivity contribution in [2.75, 3.05) is 20.8 Å². The summed E-state index contributed by atoms with van der Waals surface area (Å²) >= 11 is 0. The SMILES string of the molecule is CCNC1CC(Oc2ccc(OC)cc2[N+](=O)[O-])C1OC. The van der Waals surface area contributed by atoms with Gasteiger partial charge in [-0.1, -0.05) is 6.92 Å². The Hall–Kier alpha value is -1.86. The van der Waals surface area contributed by atoms with Gasteiger partial charge in [-0.15, -0.1) is 0 Å². The first kappa shape index (κ1) is 15.5. The molecular weight excluding hydrogens is 276 g/mol. The van der Waals surface area contributed by atoms with Crippen molar-refractivity contribution >= 4 is 5.69 Å². The molecule has 3 unspecified atom stereocenters. The second kappa shape index (κ2) is 6.73. The first-order chi connectivity index (χ1) is 10.1. The molecule has 7 nitrogen and oxygen atoms in total. The van der Waals surface area contributed by atoms with Crippen molar-refractivity contribution in [1.82, 2.24) is 5.32 Å². The molecular formula is C14H20N2O5. The normalized spacial score (nSPS) is 24.2. The van der Waals surface area contributed by atoms with Crippen LogP contribution in [0.25, 0.3) is 0 Å². The van der Waals surface area contributed by atoms with E-state index in [1.807, 2.05) is 6.92 Å². The van der Waals surface area contributed by atoms with Crippen LogP contribution in [0.4, 0.5) is 5.69 Å². The van der Waals surface area contributed by atoms with Crippen LogP contribution in [0.3, 0.4) is 0 Å². The minimum atomic E-state index is -0.472. The number of nitrogens with one attached hydrogen (secondary N) is 1. The first-order valence-electron chi connectivity index (χ1n) is 6.86. The van der Waals surface area contributed by atoms with Crippen molar-refractivity contribution < 1.29 is 19.1 Å². The van der Waals surface area contributed by atoms with Crippen LogP contribution in [0.2, 0.25) is 0 Å². The molecule has 21 heavy (non-hydrogen) atoms. The van der Waals surface area contributed by atoms with Gasteiger partial charge in [0.15, 0.2) is 5.75 Å². The Morgan fingerprint density at radius 3 is 2.76 bits per heavy atom. The van der Waals surface area contributed by atoms with Gasteiger partial charge in [0.25, 0.3) is 0 Å². The number of nitrogens with zero attached hydrogens (tertiary/aromatic N) is 1. The predicted molar refractivity (Wildman–Crippen MR) is 76.9 cm³/mol. The Labute approximate surface area is 123 Å². The van der Waals surface area contributed by atoms with Crippen LogP contribution in [0.15, 0.2) is 18.2 Å². The van der Waals surface area contributed by atoms with Crippen LogP contribution in [-0.4, -0.2) is 43.9 Å². The van der Waals surface area contributed by atoms with E-state index in [2.05, 4.69) is 5.32 Å². The molecule has 7 heteroatoms. The van der Waals surface area contributed by atoms with Gasteiger partial charge in [-0.3, -0.25) is 10.1 Å². The molecule has 1 aliphatic carbocycles. The van der Waals surface area contributed by atoms with Crippen LogP contribution < -0.4 is 14.8 Å². The molecule has 0 radical (unpaired) electrons. The number of benzene rings is 1. The maximum Gasteiger partial charge on any atom is 0.314 e. The summed E-state index contributed by atoms with van der Waals surface area (Å²) < 4.78 is 16.2. The quantitative estimate of drug-likeness (QED) is 0.609. The average molecular weight is 296 g/mol. The third kappa shape index (κ3) is 3.25. The summed E-state index contributed by atoms with van der Waals surface area (Å²) in [6, 6.07) is 4.79. The summed E-state index contributed by atoms with van der Waals surface area (Å²) in [5.41, 5.74) is -0.101. The fourth-order valence-corrected chi connectivity index (χ4v) is 2.50. The highest BCUT2D eigenvalue weighted by Crippen LogP contribution is 2.35. The zero-order chi connectivity index (χ0) is 15.4. The number of methoxy groups -OCH3 is 2. The number of likely N-dealkylation sites (N-methyl/N-ethyl adjacent to an activating group) is 1. The number of hydrogen-bond donors (Lipinski definition) is 1. The Balaban J connectivity index is 2.11. The van der Waals surface area contributed by atoms with E-state index in [0.717, 1.165) is 13.0 Å². The maximum absolute atomic E-state index is 11.1. The molecule has 0 amide bonds. The van der Waals surface area contributed by atoms with E-state index >= 15 is 0 Å². The van der Waals surface area contributed by atoms with E-state index in [0.29, 0.717) is 5.75 Å². The molecule has 1 fully saturated rings. The van der Waals surface area contributed by atoms with Gasteiger partial charge in [-0.2, -0.15) is 0 Å². The van der Waals surface area contributed by atoms with Crippen molar-refractivity contribution in [1.29, 1.82) is 0 Å². The average Bonchev–Trinajstić information content (AvgIpc) is 2.46. The van der Waals surface area contributed by atoms with E-state index in [4.69, 9.17) is 14.2 Å². The highest BCUT2D eigenvalue weighted by Gasteiger charge is 2.43. The first-order valence-corrected chi connectivity index (χ1v) is 6.86. The summed E-state index contributed by atoms with van der Waals surface area (Å²) in [5.74, 6) is 0.666. The molecule has 0 spiro atoms. The molecule has 0 aliphatic heterocycles. The van der Waals surface area contributed by atoms with Gasteiger partial charge in [0, 0.05) is 19.6 Å². The highest BCUT2D eigenvalue weighted by atomic mass is 16.6. The second-order valence-corrected chi connectivity index (χ2v) is 4.85. The third-order valence-corrected chi connectivity index (χ3v) is 3.63. The van der Waals surface area contributed by atoms with Crippen LogP contribution in [0.5, 0.6) is 11.5 Å². The lowest BCUT2D eigenvalue weighted by molar-refractivity contribution is -0.386. The highest BCUT2D eigenvalue weighted by molar-refractivity contribution is 5.51. The predicted octanol–water partition coefficient (Wildman–Crippen LogP) is 1.75. The molecule has 1 aromatic rings. The minimum absolute atomic E-state index is 0.101. The molecule has 1 N–H and O–H groups in total. The van der Waals surface area contributed by atoms with Gasteiger partial charge in [0.1, 0.15) is 18.0 Å². The number of ether oxygens (including phenoxy) is 3. The Morgan fingerprint density at radius 1 is 1.43 bits per heavy atom. The lowest BCUT2D eigenvalue weighted by Crippen LogP contribution is -2.60. The van der Waals surface area contributed by atoms with E-state index in [-0.39, 0.29) is 29.7 Å². The Bertz CT molecular complexity index is 508. The van der Waals surface area contributed by atoms with Crippen molar-refractivity contribution in [2.24, 2.45) is 0 Å². The lowest BCUT2D eigenvalue weighted by atomic mass is 9.85. The van der Waals surface area contributed by atoms with Crippen LogP contribution in [0.1, 0.15) is 13.3 Å². The van der Waals surface area contributed by atoms with E-state index in [9.17, 15) is 10.1 Å². The zero-order valence-corrected chi connectivity index (χ0v) is 12.4. The molecule has 3 atom stereocenters. The van der Waals surface area contributed by atoms with Crippen molar-refractivity contribution in [2.45, 2.75) is 31.6 Å². The standard InChI is InChI=1S/C14H20N2O5/c1-4-15-10-8-13(14(10)20-3)21-12-6-5-9(19-2)7-11(12)16(17)18/h5-7,10,13-15H,4,8H2,1-3H3. The molecule has 116 valence electrons. The van der Waals surface area contributed by atoms with Gasteiger partial charge in [0.05, 0.1) is 18.1 Å². The third-order valence-electron chi connectivity index (χ3n) is 3.63. The smallest absolute Gasteiger partial charge is 0.314 e. The summed E-state index contributed by atoms with van der Waals surface area (Å²) in [4.78, 5) is 10.6. The molecule has 0 heterocycles. The number of hydrogen-bond acceptors (Lipinski definition) is 6. The minimum Gasteiger partial charge on any atom is -0.496 e. The van der Waals surface area contributed by atoms with Gasteiger partial charge >= 0.3 is 5.69 Å². The summed E-state index contributed by atoms with van der Waals surface area (Å²) in [6.07, 6.45) is 0.466. The molecule has 0 saturated heterocycles. The van der Waals surface area contributed by atoms with E-state index < -0.39 is 4.92 Å². The zero-order valence-electron chi connectivity index (χ0n) is 12.4. The summed E-state index contributed by atoms with van der Waals surface area (Å²) in [6.45, 7) is 2.87. The Morgan fingerprint density at radius 2 is 2.19 bits per heavy atom. The number of rotatable bonds is 7. The molecule has 1 aliphatic rings. The number of nitro benzene ring substituents is 1. The monoisotopic (exact) mass is 296 g/mol. The molecule has 1 saturated carbocycles. The largest absolute Gasteiger partial charge is 0.496 e. The van der Waals surface area contributed by atoms with Crippen molar-refractivity contribution in [3.63, 3.8) is 0 Å². The molecule has 0 bridgehead atoms. The van der Waals surface area contributed by atoms with Gasteiger partial charge in [-0.05, 0) is 18.7 Å².